The fourth-order valence-corrected chi connectivity index (χ4v) is 3.47. The summed E-state index contributed by atoms with van der Waals surface area (Å²) in [5.74, 6) is 0.248. The number of fused-ring (bicyclic) bond motifs is 1. The molecule has 0 unspecified atom stereocenters. The number of carbonyl (C=O) groups is 1. The standard InChI is InChI=1S/C19H27ClN2O3Si/c1-19(2,3)26(5,6)25-10-9-24-17-12-16-13(15(20)7-8-22-16)11-14(17)18(23)21-4/h7-8,11-12H,9-10H2,1-6H3,(H,21,23). The molecule has 0 saturated carbocycles. The highest BCUT2D eigenvalue weighted by molar-refractivity contribution is 6.74. The Hall–Kier alpha value is -1.63. The van der Waals surface area contributed by atoms with E-state index in [-0.39, 0.29) is 10.9 Å². The van der Waals surface area contributed by atoms with Crippen LogP contribution in [0.3, 0.4) is 0 Å². The van der Waals surface area contributed by atoms with Gasteiger partial charge in [-0.15, -0.1) is 0 Å². The van der Waals surface area contributed by atoms with Gasteiger partial charge >= 0.3 is 0 Å². The number of nitrogens with one attached hydrogen (secondary N) is 1. The van der Waals surface area contributed by atoms with Crippen LogP contribution in [0.1, 0.15) is 31.1 Å². The molecular weight excluding hydrogens is 368 g/mol. The van der Waals surface area contributed by atoms with Gasteiger partial charge in [-0.05, 0) is 30.3 Å². The number of rotatable bonds is 6. The molecular formula is C19H27ClN2O3Si. The number of nitrogens with zero attached hydrogens (tertiary/aromatic N) is 1. The predicted octanol–water partition coefficient (Wildman–Crippen LogP) is 4.65. The lowest BCUT2D eigenvalue weighted by Gasteiger charge is -2.36. The molecule has 1 aromatic carbocycles. The molecule has 7 heteroatoms. The zero-order chi connectivity index (χ0) is 19.5. The van der Waals surface area contributed by atoms with Gasteiger partial charge in [-0.3, -0.25) is 9.78 Å². The fraction of sp³-hybridized carbons (Fsp3) is 0.474. The molecule has 142 valence electrons. The Morgan fingerprint density at radius 3 is 2.58 bits per heavy atom. The lowest BCUT2D eigenvalue weighted by Crippen LogP contribution is -2.41. The van der Waals surface area contributed by atoms with E-state index in [2.05, 4.69) is 44.2 Å². The predicted molar refractivity (Wildman–Crippen MR) is 109 cm³/mol. The van der Waals surface area contributed by atoms with Gasteiger partial charge in [0, 0.05) is 24.7 Å². The maximum Gasteiger partial charge on any atom is 0.254 e. The molecule has 2 aromatic rings. The monoisotopic (exact) mass is 394 g/mol. The number of aromatic nitrogens is 1. The number of hydrogen-bond donors (Lipinski definition) is 1. The minimum absolute atomic E-state index is 0.143. The quantitative estimate of drug-likeness (QED) is 0.572. The number of benzene rings is 1. The summed E-state index contributed by atoms with van der Waals surface area (Å²) in [6, 6.07) is 5.16. The zero-order valence-corrected chi connectivity index (χ0v) is 18.0. The van der Waals surface area contributed by atoms with Gasteiger partial charge in [-0.1, -0.05) is 32.4 Å². The van der Waals surface area contributed by atoms with E-state index in [1.54, 1.807) is 31.4 Å². The van der Waals surface area contributed by atoms with Crippen LogP contribution in [0.4, 0.5) is 0 Å². The maximum absolute atomic E-state index is 12.2. The summed E-state index contributed by atoms with van der Waals surface area (Å²) < 4.78 is 12.0. The first kappa shape index (κ1) is 20.7. The second-order valence-corrected chi connectivity index (χ2v) is 12.9. The van der Waals surface area contributed by atoms with Gasteiger partial charge in [0.15, 0.2) is 8.32 Å². The molecule has 1 aromatic heterocycles. The van der Waals surface area contributed by atoms with Gasteiger partial charge in [0.25, 0.3) is 5.91 Å². The molecule has 1 N–H and O–H groups in total. The van der Waals surface area contributed by atoms with Crippen molar-refractivity contribution in [3.8, 4) is 5.75 Å². The Bertz CT molecular complexity index is 803. The summed E-state index contributed by atoms with van der Waals surface area (Å²) in [5, 5.41) is 4.05. The Balaban J connectivity index is 2.19. The molecule has 0 spiro atoms. The van der Waals surface area contributed by atoms with Crippen molar-refractivity contribution in [3.63, 3.8) is 0 Å². The van der Waals surface area contributed by atoms with Crippen LogP contribution in [0, 0.1) is 0 Å². The summed E-state index contributed by atoms with van der Waals surface area (Å²) in [6.07, 6.45) is 1.63. The van der Waals surface area contributed by atoms with E-state index in [1.165, 1.54) is 0 Å². The molecule has 0 radical (unpaired) electrons. The maximum atomic E-state index is 12.2. The highest BCUT2D eigenvalue weighted by atomic mass is 35.5. The van der Waals surface area contributed by atoms with Crippen LogP contribution in [0.25, 0.3) is 10.9 Å². The molecule has 1 amide bonds. The zero-order valence-electron chi connectivity index (χ0n) is 16.3. The third-order valence-corrected chi connectivity index (χ3v) is 9.74. The Morgan fingerprint density at radius 1 is 1.27 bits per heavy atom. The van der Waals surface area contributed by atoms with E-state index in [4.69, 9.17) is 20.8 Å². The van der Waals surface area contributed by atoms with Crippen molar-refractivity contribution < 1.29 is 14.0 Å². The van der Waals surface area contributed by atoms with Crippen molar-refractivity contribution in [2.24, 2.45) is 0 Å². The Morgan fingerprint density at radius 2 is 1.96 bits per heavy atom. The molecule has 0 aliphatic rings. The third-order valence-electron chi connectivity index (χ3n) is 4.87. The lowest BCUT2D eigenvalue weighted by atomic mass is 10.1. The van der Waals surface area contributed by atoms with Crippen molar-refractivity contribution >= 4 is 36.7 Å². The minimum Gasteiger partial charge on any atom is -0.490 e. The Labute approximate surface area is 161 Å². The average molecular weight is 395 g/mol. The van der Waals surface area contributed by atoms with Crippen LogP contribution in [0.15, 0.2) is 24.4 Å². The molecule has 0 aliphatic heterocycles. The normalized spacial score (nSPS) is 12.3. The third kappa shape index (κ3) is 4.55. The van der Waals surface area contributed by atoms with Crippen molar-refractivity contribution in [2.45, 2.75) is 38.9 Å². The van der Waals surface area contributed by atoms with Crippen molar-refractivity contribution in [3.05, 3.63) is 35.0 Å². The van der Waals surface area contributed by atoms with Gasteiger partial charge in [-0.2, -0.15) is 0 Å². The lowest BCUT2D eigenvalue weighted by molar-refractivity contribution is 0.0957. The number of halogens is 1. The molecule has 0 aliphatic carbocycles. The molecule has 1 heterocycles. The van der Waals surface area contributed by atoms with Gasteiger partial charge in [0.2, 0.25) is 0 Å². The van der Waals surface area contributed by atoms with E-state index >= 15 is 0 Å². The molecule has 2 rings (SSSR count). The molecule has 5 nitrogen and oxygen atoms in total. The Kier molecular flexibility index (Phi) is 6.32. The van der Waals surface area contributed by atoms with Crippen molar-refractivity contribution in [1.29, 1.82) is 0 Å². The molecule has 0 saturated heterocycles. The van der Waals surface area contributed by atoms with E-state index in [9.17, 15) is 4.79 Å². The number of amides is 1. The van der Waals surface area contributed by atoms with E-state index in [1.807, 2.05) is 0 Å². The van der Waals surface area contributed by atoms with Gasteiger partial charge in [0.05, 0.1) is 22.7 Å². The summed E-state index contributed by atoms with van der Waals surface area (Å²) in [6.45, 7) is 11.8. The molecule has 26 heavy (non-hydrogen) atoms. The molecule has 0 bridgehead atoms. The average Bonchev–Trinajstić information content (AvgIpc) is 2.56. The molecule has 0 fully saturated rings. The van der Waals surface area contributed by atoms with E-state index in [0.717, 1.165) is 5.39 Å². The number of ether oxygens (including phenoxy) is 1. The van der Waals surface area contributed by atoms with Gasteiger partial charge in [0.1, 0.15) is 12.4 Å². The number of hydrogen-bond acceptors (Lipinski definition) is 4. The van der Waals surface area contributed by atoms with Crippen LogP contribution >= 0.6 is 11.6 Å². The first-order valence-corrected chi connectivity index (χ1v) is 11.9. The second-order valence-electron chi connectivity index (χ2n) is 7.69. The topological polar surface area (TPSA) is 60.5 Å². The summed E-state index contributed by atoms with van der Waals surface area (Å²) in [7, 11) is -0.241. The first-order chi connectivity index (χ1) is 12.1. The number of pyridine rings is 1. The van der Waals surface area contributed by atoms with E-state index < -0.39 is 8.32 Å². The summed E-state index contributed by atoms with van der Waals surface area (Å²) in [4.78, 5) is 16.5. The fourth-order valence-electron chi connectivity index (χ4n) is 2.24. The van der Waals surface area contributed by atoms with Gasteiger partial charge < -0.3 is 14.5 Å². The first-order valence-electron chi connectivity index (χ1n) is 8.64. The van der Waals surface area contributed by atoms with Crippen molar-refractivity contribution in [2.75, 3.05) is 20.3 Å². The van der Waals surface area contributed by atoms with Crippen LogP contribution in [-0.4, -0.2) is 39.5 Å². The number of carbonyl (C=O) groups excluding carboxylic acids is 1. The highest BCUT2D eigenvalue weighted by Gasteiger charge is 2.36. The minimum atomic E-state index is -1.83. The van der Waals surface area contributed by atoms with Gasteiger partial charge in [-0.25, -0.2) is 0 Å². The van der Waals surface area contributed by atoms with Crippen molar-refractivity contribution in [1.82, 2.24) is 10.3 Å². The van der Waals surface area contributed by atoms with E-state index in [0.29, 0.717) is 35.1 Å². The van der Waals surface area contributed by atoms with Crippen LogP contribution in [0.2, 0.25) is 23.2 Å². The van der Waals surface area contributed by atoms with Crippen LogP contribution in [0.5, 0.6) is 5.75 Å². The summed E-state index contributed by atoms with van der Waals surface area (Å²) >= 11 is 6.22. The van der Waals surface area contributed by atoms with Crippen LogP contribution in [-0.2, 0) is 4.43 Å². The SMILES string of the molecule is CNC(=O)c1cc2c(Cl)ccnc2cc1OCCO[Si](C)(C)C(C)(C)C. The summed E-state index contributed by atoms with van der Waals surface area (Å²) in [5.41, 5.74) is 1.12. The highest BCUT2D eigenvalue weighted by Crippen LogP contribution is 2.36. The smallest absolute Gasteiger partial charge is 0.254 e. The second kappa shape index (κ2) is 7.94. The van der Waals surface area contributed by atoms with Crippen LogP contribution < -0.4 is 10.1 Å². The molecule has 0 atom stereocenters. The largest absolute Gasteiger partial charge is 0.490 e.